The summed E-state index contributed by atoms with van der Waals surface area (Å²) in [4.78, 5) is 11.2. The van der Waals surface area contributed by atoms with Crippen molar-refractivity contribution in [2.45, 2.75) is 76.6 Å². The Morgan fingerprint density at radius 3 is 2.91 bits per heavy atom. The number of tetrazole rings is 1. The van der Waals surface area contributed by atoms with Crippen LogP contribution in [0.5, 0.6) is 5.75 Å². The zero-order chi connectivity index (χ0) is 24.4. The summed E-state index contributed by atoms with van der Waals surface area (Å²) in [5, 5.41) is 18.6. The lowest BCUT2D eigenvalue weighted by Gasteiger charge is -2.47. The van der Waals surface area contributed by atoms with Gasteiger partial charge in [0.25, 0.3) is 0 Å². The second kappa shape index (κ2) is 7.84. The molecule has 5 heterocycles. The third kappa shape index (κ3) is 3.87. The van der Waals surface area contributed by atoms with Crippen LogP contribution in [0, 0.1) is 5.82 Å². The Labute approximate surface area is 203 Å². The summed E-state index contributed by atoms with van der Waals surface area (Å²) in [5.74, 6) is 1.36. The van der Waals surface area contributed by atoms with E-state index in [9.17, 15) is 4.39 Å². The Hall–Kier alpha value is -3.34. The monoisotopic (exact) mass is 479 g/mol. The van der Waals surface area contributed by atoms with Gasteiger partial charge >= 0.3 is 0 Å². The molecule has 0 bridgehead atoms. The van der Waals surface area contributed by atoms with Crippen LogP contribution in [-0.4, -0.2) is 59.2 Å². The van der Waals surface area contributed by atoms with E-state index in [1.165, 1.54) is 19.0 Å². The molecule has 184 valence electrons. The summed E-state index contributed by atoms with van der Waals surface area (Å²) in [6, 6.07) is 6.27. The maximum absolute atomic E-state index is 14.7. The van der Waals surface area contributed by atoms with Gasteiger partial charge in [-0.1, -0.05) is 0 Å². The minimum atomic E-state index is -0.644. The summed E-state index contributed by atoms with van der Waals surface area (Å²) < 4.78 is 22.4. The van der Waals surface area contributed by atoms with Crippen molar-refractivity contribution in [1.82, 2.24) is 35.1 Å². The number of aromatic nitrogens is 6. The van der Waals surface area contributed by atoms with Gasteiger partial charge in [0.05, 0.1) is 6.20 Å². The molecular weight excluding hydrogens is 449 g/mol. The van der Waals surface area contributed by atoms with E-state index >= 15 is 0 Å². The van der Waals surface area contributed by atoms with Crippen LogP contribution in [0.4, 0.5) is 21.8 Å². The fourth-order valence-electron chi connectivity index (χ4n) is 5.86. The van der Waals surface area contributed by atoms with Crippen LogP contribution in [0.1, 0.15) is 59.2 Å². The number of hydrogen-bond donors (Lipinski definition) is 2. The van der Waals surface area contributed by atoms with Crippen molar-refractivity contribution < 1.29 is 9.13 Å². The lowest BCUT2D eigenvalue weighted by Crippen LogP contribution is -2.55. The highest BCUT2D eigenvalue weighted by molar-refractivity contribution is 5.63. The fourth-order valence-corrected chi connectivity index (χ4v) is 5.86. The maximum atomic E-state index is 14.7. The van der Waals surface area contributed by atoms with E-state index < -0.39 is 11.4 Å². The van der Waals surface area contributed by atoms with Gasteiger partial charge in [-0.05, 0) is 88.5 Å². The molecule has 2 aromatic heterocycles. The average Bonchev–Trinajstić information content (AvgIpc) is 3.47. The number of benzene rings is 1. The Balaban J connectivity index is 1.22. The van der Waals surface area contributed by atoms with Gasteiger partial charge in [0, 0.05) is 23.3 Å². The van der Waals surface area contributed by atoms with Crippen molar-refractivity contribution in [1.29, 1.82) is 0 Å². The summed E-state index contributed by atoms with van der Waals surface area (Å²) in [7, 11) is 0. The fraction of sp³-hybridized carbons (Fsp3) is 0.542. The highest BCUT2D eigenvalue weighted by Gasteiger charge is 2.43. The molecule has 3 aliphatic rings. The van der Waals surface area contributed by atoms with Gasteiger partial charge in [-0.2, -0.15) is 9.67 Å². The van der Waals surface area contributed by atoms with Gasteiger partial charge in [0.2, 0.25) is 5.95 Å². The largest absolute Gasteiger partial charge is 0.478 e. The highest BCUT2D eigenvalue weighted by Crippen LogP contribution is 2.40. The lowest BCUT2D eigenvalue weighted by molar-refractivity contribution is 0.0500. The van der Waals surface area contributed by atoms with Gasteiger partial charge in [-0.3, -0.25) is 4.90 Å². The SMILES string of the molecule is CC1(C)Oc2ccc(Nc3ncc(F)c(N[C@@H]4C[C@H]5CCCN5C(C)(C)C4)n3)cc2-n2nnnc21. The van der Waals surface area contributed by atoms with Gasteiger partial charge in [0.1, 0.15) is 11.4 Å². The minimum Gasteiger partial charge on any atom is -0.478 e. The first-order chi connectivity index (χ1) is 16.7. The van der Waals surface area contributed by atoms with Crippen LogP contribution in [0.25, 0.3) is 5.69 Å². The van der Waals surface area contributed by atoms with E-state index in [2.05, 4.69) is 54.9 Å². The number of piperidine rings is 1. The molecule has 11 heteroatoms. The molecule has 0 aliphatic carbocycles. The third-order valence-electron chi connectivity index (χ3n) is 7.36. The zero-order valence-electron chi connectivity index (χ0n) is 20.4. The predicted octanol–water partition coefficient (Wildman–Crippen LogP) is 3.78. The molecule has 3 aliphatic heterocycles. The Kier molecular flexibility index (Phi) is 4.96. The molecule has 35 heavy (non-hydrogen) atoms. The first-order valence-corrected chi connectivity index (χ1v) is 12.1. The van der Waals surface area contributed by atoms with E-state index in [4.69, 9.17) is 4.74 Å². The smallest absolute Gasteiger partial charge is 0.229 e. The van der Waals surface area contributed by atoms with Crippen LogP contribution >= 0.6 is 0 Å². The standard InChI is InChI=1S/C24H30FN9O/c1-23(2)12-15(10-16-6-5-9-33(16)23)27-20-17(25)13-26-22(29-20)28-14-7-8-19-18(11-14)34-21(30-31-32-34)24(3,4)35-19/h7-8,11,13,15-16H,5-6,9-10,12H2,1-4H3,(H2,26,27,28,29)/t15-,16-/m1/s1. The van der Waals surface area contributed by atoms with Crippen molar-refractivity contribution in [3.63, 3.8) is 0 Å². The number of halogens is 1. The van der Waals surface area contributed by atoms with Crippen molar-refractivity contribution in [2.24, 2.45) is 0 Å². The Bertz CT molecular complexity index is 1270. The second-order valence-corrected chi connectivity index (χ2v) is 10.8. The molecule has 0 unspecified atom stereocenters. The van der Waals surface area contributed by atoms with Gasteiger partial charge < -0.3 is 15.4 Å². The molecule has 0 saturated carbocycles. The summed E-state index contributed by atoms with van der Waals surface area (Å²) in [6.45, 7) is 9.54. The van der Waals surface area contributed by atoms with E-state index in [1.807, 2.05) is 32.0 Å². The molecule has 3 aromatic rings. The highest BCUT2D eigenvalue weighted by atomic mass is 19.1. The van der Waals surface area contributed by atoms with Crippen LogP contribution in [-0.2, 0) is 5.60 Å². The Morgan fingerprint density at radius 2 is 2.06 bits per heavy atom. The number of nitrogens with zero attached hydrogens (tertiary/aromatic N) is 7. The first-order valence-electron chi connectivity index (χ1n) is 12.1. The molecule has 0 spiro atoms. The summed E-state index contributed by atoms with van der Waals surface area (Å²) in [5.41, 5.74) is 0.859. The predicted molar refractivity (Wildman–Crippen MR) is 129 cm³/mol. The van der Waals surface area contributed by atoms with Crippen molar-refractivity contribution in [3.8, 4) is 11.4 Å². The quantitative estimate of drug-likeness (QED) is 0.578. The topological polar surface area (TPSA) is 106 Å². The second-order valence-electron chi connectivity index (χ2n) is 10.8. The van der Waals surface area contributed by atoms with Crippen molar-refractivity contribution >= 4 is 17.5 Å². The molecule has 10 nitrogen and oxygen atoms in total. The van der Waals surface area contributed by atoms with Gasteiger partial charge in [0.15, 0.2) is 23.1 Å². The third-order valence-corrected chi connectivity index (χ3v) is 7.36. The molecule has 0 amide bonds. The Morgan fingerprint density at radius 1 is 1.20 bits per heavy atom. The first kappa shape index (κ1) is 22.1. The van der Waals surface area contributed by atoms with E-state index in [1.54, 1.807) is 4.68 Å². The number of hydrogen-bond acceptors (Lipinski definition) is 9. The molecule has 1 aromatic carbocycles. The molecule has 6 rings (SSSR count). The van der Waals surface area contributed by atoms with E-state index in [0.717, 1.165) is 19.4 Å². The van der Waals surface area contributed by atoms with Crippen LogP contribution in [0.2, 0.25) is 0 Å². The van der Waals surface area contributed by atoms with Crippen LogP contribution in [0.15, 0.2) is 24.4 Å². The van der Waals surface area contributed by atoms with E-state index in [-0.39, 0.29) is 17.4 Å². The van der Waals surface area contributed by atoms with Crippen molar-refractivity contribution in [3.05, 3.63) is 36.0 Å². The lowest BCUT2D eigenvalue weighted by atomic mass is 9.84. The number of rotatable bonds is 4. The maximum Gasteiger partial charge on any atom is 0.229 e. The zero-order valence-corrected chi connectivity index (χ0v) is 20.4. The normalized spacial score (nSPS) is 24.1. The van der Waals surface area contributed by atoms with Gasteiger partial charge in [-0.25, -0.2) is 9.37 Å². The minimum absolute atomic E-state index is 0.0799. The molecule has 2 saturated heterocycles. The molecule has 2 N–H and O–H groups in total. The molecule has 2 atom stereocenters. The molecular formula is C24H30FN9O. The molecule has 2 fully saturated rings. The number of ether oxygens (including phenoxy) is 1. The number of fused-ring (bicyclic) bond motifs is 4. The summed E-state index contributed by atoms with van der Waals surface area (Å²) in [6.07, 6.45) is 5.56. The number of nitrogens with one attached hydrogen (secondary N) is 2. The number of anilines is 3. The molecule has 0 radical (unpaired) electrons. The summed E-state index contributed by atoms with van der Waals surface area (Å²) >= 11 is 0. The van der Waals surface area contributed by atoms with Crippen LogP contribution in [0.3, 0.4) is 0 Å². The van der Waals surface area contributed by atoms with Crippen molar-refractivity contribution in [2.75, 3.05) is 17.2 Å². The van der Waals surface area contributed by atoms with Crippen LogP contribution < -0.4 is 15.4 Å². The van der Waals surface area contributed by atoms with Gasteiger partial charge in [-0.15, -0.1) is 5.10 Å². The van der Waals surface area contributed by atoms with E-state index in [0.29, 0.717) is 34.9 Å². The average molecular weight is 480 g/mol.